The fraction of sp³-hybridized carbons (Fsp3) is 0.269. The number of methoxy groups -OCH3 is 2. The number of ether oxygens (including phenoxy) is 2. The molecule has 2 heterocycles. The van der Waals surface area contributed by atoms with Crippen LogP contribution >= 0.6 is 0 Å². The first-order chi connectivity index (χ1) is 16.1. The summed E-state index contributed by atoms with van der Waals surface area (Å²) < 4.78 is 10.7. The Balaban J connectivity index is 1.55. The lowest BCUT2D eigenvalue weighted by atomic mass is 9.97. The topological polar surface area (TPSA) is 80.8 Å². The van der Waals surface area contributed by atoms with E-state index < -0.39 is 6.04 Å². The Hall–Kier alpha value is -3.87. The quantitative estimate of drug-likeness (QED) is 0.605. The van der Waals surface area contributed by atoms with Gasteiger partial charge in [-0.15, -0.1) is 0 Å². The van der Waals surface area contributed by atoms with Crippen LogP contribution in [0.2, 0.25) is 0 Å². The van der Waals surface area contributed by atoms with Gasteiger partial charge < -0.3 is 19.7 Å². The van der Waals surface area contributed by atoms with Crippen LogP contribution in [0.15, 0.2) is 67.0 Å². The van der Waals surface area contributed by atoms with E-state index in [1.54, 1.807) is 49.7 Å². The Bertz CT molecular complexity index is 1130. The Morgan fingerprint density at radius 2 is 1.88 bits per heavy atom. The first-order valence-corrected chi connectivity index (χ1v) is 10.9. The van der Waals surface area contributed by atoms with Crippen molar-refractivity contribution in [2.24, 2.45) is 0 Å². The van der Waals surface area contributed by atoms with Gasteiger partial charge in [-0.25, -0.2) is 0 Å². The second kappa shape index (κ2) is 10.2. The number of carbonyl (C=O) groups excluding carboxylic acids is 2. The third-order valence-corrected chi connectivity index (χ3v) is 5.85. The van der Waals surface area contributed by atoms with Crippen molar-refractivity contribution in [2.75, 3.05) is 27.3 Å². The molecule has 1 fully saturated rings. The van der Waals surface area contributed by atoms with E-state index in [1.165, 1.54) is 0 Å². The number of hydrogen-bond acceptors (Lipinski definition) is 5. The second-order valence-electron chi connectivity index (χ2n) is 7.89. The summed E-state index contributed by atoms with van der Waals surface area (Å²) in [4.78, 5) is 31.8. The average molecular weight is 446 g/mol. The smallest absolute Gasteiger partial charge is 0.243 e. The van der Waals surface area contributed by atoms with Crippen LogP contribution in [-0.2, 0) is 22.4 Å². The van der Waals surface area contributed by atoms with E-state index in [0.717, 1.165) is 22.3 Å². The van der Waals surface area contributed by atoms with E-state index in [4.69, 9.17) is 9.47 Å². The van der Waals surface area contributed by atoms with E-state index in [9.17, 15) is 9.59 Å². The number of benzene rings is 2. The lowest BCUT2D eigenvalue weighted by Gasteiger charge is -2.35. The molecule has 0 aliphatic carbocycles. The average Bonchev–Trinajstić information content (AvgIpc) is 2.86. The van der Waals surface area contributed by atoms with Gasteiger partial charge in [-0.1, -0.05) is 24.3 Å². The number of amides is 2. The van der Waals surface area contributed by atoms with Crippen molar-refractivity contribution in [3.63, 3.8) is 0 Å². The maximum atomic E-state index is 13.3. The molecule has 4 rings (SSSR count). The highest BCUT2D eigenvalue weighted by Gasteiger charge is 2.33. The van der Waals surface area contributed by atoms with Gasteiger partial charge in [0.15, 0.2) is 0 Å². The van der Waals surface area contributed by atoms with Gasteiger partial charge >= 0.3 is 0 Å². The minimum absolute atomic E-state index is 0.119. The van der Waals surface area contributed by atoms with Crippen molar-refractivity contribution in [3.05, 3.63) is 78.1 Å². The van der Waals surface area contributed by atoms with Crippen molar-refractivity contribution in [3.8, 4) is 22.6 Å². The normalized spacial score (nSPS) is 15.6. The van der Waals surface area contributed by atoms with E-state index in [0.29, 0.717) is 31.0 Å². The highest BCUT2D eigenvalue weighted by molar-refractivity contribution is 5.90. The fourth-order valence-corrected chi connectivity index (χ4v) is 4.15. The first kappa shape index (κ1) is 22.3. The van der Waals surface area contributed by atoms with Crippen LogP contribution < -0.4 is 14.8 Å². The van der Waals surface area contributed by atoms with Crippen molar-refractivity contribution in [2.45, 2.75) is 18.9 Å². The Morgan fingerprint density at radius 3 is 2.64 bits per heavy atom. The van der Waals surface area contributed by atoms with Gasteiger partial charge in [0.2, 0.25) is 11.8 Å². The second-order valence-corrected chi connectivity index (χ2v) is 7.89. The standard InChI is InChI=1S/C26H27N3O4/c1-32-22-6-7-24(33-2)21(16-22)17-25(30)29-13-12-28-26(31)23(29)15-18-4-3-5-20(14-18)19-8-10-27-11-9-19/h3-11,14,16,23H,12-13,15,17H2,1-2H3,(H,28,31)/t23-/m1/s1. The number of aromatic nitrogens is 1. The predicted molar refractivity (Wildman–Crippen MR) is 125 cm³/mol. The van der Waals surface area contributed by atoms with Gasteiger partial charge in [-0.3, -0.25) is 14.6 Å². The highest BCUT2D eigenvalue weighted by atomic mass is 16.5. The van der Waals surface area contributed by atoms with Crippen LogP contribution in [0.1, 0.15) is 11.1 Å². The first-order valence-electron chi connectivity index (χ1n) is 10.9. The van der Waals surface area contributed by atoms with Crippen molar-refractivity contribution >= 4 is 11.8 Å². The Morgan fingerprint density at radius 1 is 1.06 bits per heavy atom. The molecular weight excluding hydrogens is 418 g/mol. The van der Waals surface area contributed by atoms with E-state index in [2.05, 4.69) is 16.4 Å². The molecule has 2 amide bonds. The molecule has 7 nitrogen and oxygen atoms in total. The molecule has 170 valence electrons. The summed E-state index contributed by atoms with van der Waals surface area (Å²) >= 11 is 0. The summed E-state index contributed by atoms with van der Waals surface area (Å²) in [6.45, 7) is 0.902. The van der Waals surface area contributed by atoms with E-state index >= 15 is 0 Å². The molecule has 1 aliphatic heterocycles. The number of carbonyl (C=O) groups is 2. The molecule has 7 heteroatoms. The van der Waals surface area contributed by atoms with Gasteiger partial charge in [-0.05, 0) is 47.0 Å². The van der Waals surface area contributed by atoms with E-state index in [-0.39, 0.29) is 18.2 Å². The summed E-state index contributed by atoms with van der Waals surface area (Å²) in [6, 6.07) is 16.7. The maximum absolute atomic E-state index is 13.3. The summed E-state index contributed by atoms with van der Waals surface area (Å²) in [5, 5.41) is 2.90. The van der Waals surface area contributed by atoms with Crippen LogP contribution in [-0.4, -0.2) is 55.0 Å². The fourth-order valence-electron chi connectivity index (χ4n) is 4.15. The van der Waals surface area contributed by atoms with Crippen molar-refractivity contribution < 1.29 is 19.1 Å². The summed E-state index contributed by atoms with van der Waals surface area (Å²) in [5.41, 5.74) is 3.82. The van der Waals surface area contributed by atoms with Crippen LogP contribution in [0.4, 0.5) is 0 Å². The van der Waals surface area contributed by atoms with Crippen LogP contribution in [0, 0.1) is 0 Å². The monoisotopic (exact) mass is 445 g/mol. The van der Waals surface area contributed by atoms with Gasteiger partial charge in [0.05, 0.1) is 20.6 Å². The lowest BCUT2D eigenvalue weighted by Crippen LogP contribution is -2.58. The number of piperazine rings is 1. The molecule has 0 bridgehead atoms. The lowest BCUT2D eigenvalue weighted by molar-refractivity contribution is -0.142. The Kier molecular flexibility index (Phi) is 6.88. The molecule has 2 aromatic carbocycles. The molecular formula is C26H27N3O4. The number of nitrogens with one attached hydrogen (secondary N) is 1. The van der Waals surface area contributed by atoms with Crippen LogP contribution in [0.5, 0.6) is 11.5 Å². The molecule has 1 aliphatic rings. The molecule has 0 radical (unpaired) electrons. The third-order valence-electron chi connectivity index (χ3n) is 5.85. The molecule has 0 saturated carbocycles. The van der Waals surface area contributed by atoms with Crippen LogP contribution in [0.25, 0.3) is 11.1 Å². The van der Waals surface area contributed by atoms with Gasteiger partial charge in [0.25, 0.3) is 0 Å². The summed E-state index contributed by atoms with van der Waals surface area (Å²) in [7, 11) is 3.15. The van der Waals surface area contributed by atoms with Gasteiger partial charge in [0, 0.05) is 37.5 Å². The molecule has 3 aromatic rings. The SMILES string of the molecule is COc1ccc(OC)c(CC(=O)N2CCNC(=O)[C@H]2Cc2cccc(-c3ccncc3)c2)c1. The van der Waals surface area contributed by atoms with Crippen LogP contribution in [0.3, 0.4) is 0 Å². The largest absolute Gasteiger partial charge is 0.497 e. The molecule has 1 atom stereocenters. The molecule has 1 aromatic heterocycles. The molecule has 33 heavy (non-hydrogen) atoms. The van der Waals surface area contributed by atoms with Crippen molar-refractivity contribution in [1.82, 2.24) is 15.2 Å². The zero-order valence-electron chi connectivity index (χ0n) is 18.8. The molecule has 0 spiro atoms. The number of hydrogen-bond donors (Lipinski definition) is 1. The molecule has 1 N–H and O–H groups in total. The number of nitrogens with zero attached hydrogens (tertiary/aromatic N) is 2. The highest BCUT2D eigenvalue weighted by Crippen LogP contribution is 2.26. The van der Waals surface area contributed by atoms with E-state index in [1.807, 2.05) is 30.3 Å². The van der Waals surface area contributed by atoms with Gasteiger partial charge in [-0.2, -0.15) is 0 Å². The summed E-state index contributed by atoms with van der Waals surface area (Å²) in [5.74, 6) is 1.01. The molecule has 0 unspecified atom stereocenters. The Labute approximate surface area is 193 Å². The minimum atomic E-state index is -0.574. The zero-order valence-corrected chi connectivity index (χ0v) is 18.8. The predicted octanol–water partition coefficient (Wildman–Crippen LogP) is 2.88. The number of rotatable bonds is 7. The van der Waals surface area contributed by atoms with Gasteiger partial charge in [0.1, 0.15) is 17.5 Å². The zero-order chi connectivity index (χ0) is 23.2. The summed E-state index contributed by atoms with van der Waals surface area (Å²) in [6.07, 6.45) is 4.07. The minimum Gasteiger partial charge on any atom is -0.497 e. The third kappa shape index (κ3) is 5.14. The maximum Gasteiger partial charge on any atom is 0.243 e. The number of pyridine rings is 1. The van der Waals surface area contributed by atoms with Crippen molar-refractivity contribution in [1.29, 1.82) is 0 Å². The molecule has 1 saturated heterocycles.